The summed E-state index contributed by atoms with van der Waals surface area (Å²) in [5.41, 5.74) is 3.95. The number of likely N-dealkylation sites (N-methyl/N-ethyl adjacent to an activating group) is 1. The third kappa shape index (κ3) is 3.97. The molecule has 2 aliphatic rings. The molecule has 2 aromatic rings. The van der Waals surface area contributed by atoms with Gasteiger partial charge in [-0.1, -0.05) is 0 Å². The lowest BCUT2D eigenvalue weighted by Gasteiger charge is -2.29. The number of aromatic amines is 1. The highest BCUT2D eigenvalue weighted by Crippen LogP contribution is 2.30. The van der Waals surface area contributed by atoms with Gasteiger partial charge in [0.1, 0.15) is 0 Å². The van der Waals surface area contributed by atoms with Crippen LogP contribution in [0.25, 0.3) is 10.9 Å². The van der Waals surface area contributed by atoms with Crippen molar-refractivity contribution in [1.82, 2.24) is 9.88 Å². The maximum absolute atomic E-state index is 12.9. The minimum absolute atomic E-state index is 0.0253. The quantitative estimate of drug-likeness (QED) is 0.733. The van der Waals surface area contributed by atoms with Gasteiger partial charge in [-0.05, 0) is 69.7 Å². The van der Waals surface area contributed by atoms with Crippen molar-refractivity contribution in [3.8, 4) is 0 Å². The van der Waals surface area contributed by atoms with Crippen molar-refractivity contribution >= 4 is 32.6 Å². The Morgan fingerprint density at radius 3 is 2.73 bits per heavy atom. The third-order valence-electron chi connectivity index (χ3n) is 6.24. The number of sulfone groups is 1. The van der Waals surface area contributed by atoms with E-state index in [1.54, 1.807) is 19.9 Å². The second kappa shape index (κ2) is 8.06. The first kappa shape index (κ1) is 20.9. The summed E-state index contributed by atoms with van der Waals surface area (Å²) in [7, 11) is -3.10. The normalized spacial score (nSPS) is 21.2. The van der Waals surface area contributed by atoms with Crippen LogP contribution < -0.4 is 0 Å². The third-order valence-corrected chi connectivity index (χ3v) is 7.99. The molecule has 2 atom stereocenters. The van der Waals surface area contributed by atoms with Gasteiger partial charge in [0.2, 0.25) is 0 Å². The first-order chi connectivity index (χ1) is 14.3. The largest absolute Gasteiger partial charge is 0.449 e. The highest BCUT2D eigenvalue weighted by atomic mass is 32.2. The van der Waals surface area contributed by atoms with Crippen LogP contribution >= 0.6 is 0 Å². The van der Waals surface area contributed by atoms with Crippen LogP contribution in [0.4, 0.5) is 0 Å². The molecule has 1 aromatic heterocycles. The van der Waals surface area contributed by atoms with Gasteiger partial charge >= 0.3 is 5.97 Å². The number of nitrogens with one attached hydrogen (secondary N) is 1. The highest BCUT2D eigenvalue weighted by Gasteiger charge is 2.36. The van der Waals surface area contributed by atoms with Crippen LogP contribution in [-0.2, 0) is 32.2 Å². The number of nitrogens with zero attached hydrogens (tertiary/aromatic N) is 1. The summed E-state index contributed by atoms with van der Waals surface area (Å²) in [5.74, 6) is -0.828. The second-order valence-corrected chi connectivity index (χ2v) is 10.5. The molecule has 8 heteroatoms. The fraction of sp³-hybridized carbons (Fsp3) is 0.545. The summed E-state index contributed by atoms with van der Waals surface area (Å²) >= 11 is 0. The van der Waals surface area contributed by atoms with Gasteiger partial charge in [0.15, 0.2) is 15.9 Å². The summed E-state index contributed by atoms with van der Waals surface area (Å²) in [6, 6.07) is 5.09. The zero-order valence-electron chi connectivity index (χ0n) is 17.4. The summed E-state index contributed by atoms with van der Waals surface area (Å²) in [6.07, 6.45) is 3.79. The molecule has 1 aliphatic heterocycles. The Labute approximate surface area is 176 Å². The minimum atomic E-state index is -3.10. The van der Waals surface area contributed by atoms with Gasteiger partial charge in [-0.3, -0.25) is 4.79 Å². The minimum Gasteiger partial charge on any atom is -0.449 e. The summed E-state index contributed by atoms with van der Waals surface area (Å²) in [6.45, 7) is 3.73. The van der Waals surface area contributed by atoms with Gasteiger partial charge in [-0.2, -0.15) is 0 Å². The number of aromatic nitrogens is 1. The Kier molecular flexibility index (Phi) is 5.61. The molecular formula is C22H28N2O5S. The molecule has 1 fully saturated rings. The van der Waals surface area contributed by atoms with Gasteiger partial charge in [0.05, 0.1) is 17.1 Å². The van der Waals surface area contributed by atoms with Gasteiger partial charge < -0.3 is 14.6 Å². The molecule has 0 bridgehead atoms. The SMILES string of the molecule is CCN(C(=O)C(C)OC(=O)c1ccc2[nH]c3c(c2c1)CCCC3)C1CCS(=O)(=O)C1. The second-order valence-electron chi connectivity index (χ2n) is 8.28. The predicted octanol–water partition coefficient (Wildman–Crippen LogP) is 2.63. The lowest BCUT2D eigenvalue weighted by Crippen LogP contribution is -2.46. The number of hydrogen-bond acceptors (Lipinski definition) is 5. The number of amides is 1. The lowest BCUT2D eigenvalue weighted by molar-refractivity contribution is -0.141. The number of hydrogen-bond donors (Lipinski definition) is 1. The smallest absolute Gasteiger partial charge is 0.338 e. The van der Waals surface area contributed by atoms with E-state index < -0.39 is 21.9 Å². The van der Waals surface area contributed by atoms with E-state index in [4.69, 9.17) is 4.74 Å². The summed E-state index contributed by atoms with van der Waals surface area (Å²) in [4.78, 5) is 30.5. The van der Waals surface area contributed by atoms with Crippen molar-refractivity contribution < 1.29 is 22.7 Å². The number of ether oxygens (including phenoxy) is 1. The Hall–Kier alpha value is -2.35. The van der Waals surface area contributed by atoms with Gasteiger partial charge in [0.25, 0.3) is 5.91 Å². The maximum Gasteiger partial charge on any atom is 0.338 e. The predicted molar refractivity (Wildman–Crippen MR) is 114 cm³/mol. The Morgan fingerprint density at radius 1 is 1.27 bits per heavy atom. The number of esters is 1. The Bertz CT molecular complexity index is 1090. The molecule has 30 heavy (non-hydrogen) atoms. The number of carbonyl (C=O) groups excluding carboxylic acids is 2. The highest BCUT2D eigenvalue weighted by molar-refractivity contribution is 7.91. The van der Waals surface area contributed by atoms with Crippen LogP contribution in [0.5, 0.6) is 0 Å². The fourth-order valence-corrected chi connectivity index (χ4v) is 6.39. The lowest BCUT2D eigenvalue weighted by atomic mass is 9.95. The summed E-state index contributed by atoms with van der Waals surface area (Å²) < 4.78 is 29.0. The number of benzene rings is 1. The zero-order chi connectivity index (χ0) is 21.5. The van der Waals surface area contributed by atoms with Crippen LogP contribution in [-0.4, -0.2) is 60.4 Å². The van der Waals surface area contributed by atoms with Crippen LogP contribution in [0.1, 0.15) is 54.7 Å². The number of carbonyl (C=O) groups is 2. The van der Waals surface area contributed by atoms with E-state index in [1.807, 2.05) is 12.1 Å². The van der Waals surface area contributed by atoms with E-state index >= 15 is 0 Å². The van der Waals surface area contributed by atoms with Gasteiger partial charge in [0, 0.05) is 29.2 Å². The first-order valence-corrected chi connectivity index (χ1v) is 12.5. The van der Waals surface area contributed by atoms with Crippen molar-refractivity contribution in [3.63, 3.8) is 0 Å². The number of rotatable bonds is 5. The summed E-state index contributed by atoms with van der Waals surface area (Å²) in [5, 5.41) is 1.05. The van der Waals surface area contributed by atoms with Crippen LogP contribution in [0.3, 0.4) is 0 Å². The fourth-order valence-electron chi connectivity index (χ4n) is 4.66. The molecule has 1 amide bonds. The van der Waals surface area contributed by atoms with Crippen molar-refractivity contribution in [2.75, 3.05) is 18.1 Å². The van der Waals surface area contributed by atoms with Crippen LogP contribution in [0.2, 0.25) is 0 Å². The molecule has 2 unspecified atom stereocenters. The van der Waals surface area contributed by atoms with Crippen molar-refractivity contribution in [2.45, 2.75) is 58.1 Å². The number of fused-ring (bicyclic) bond motifs is 3. The van der Waals surface area contributed by atoms with Crippen LogP contribution in [0, 0.1) is 0 Å². The number of H-pyrrole nitrogens is 1. The molecule has 4 rings (SSSR count). The van der Waals surface area contributed by atoms with E-state index in [-0.39, 0.29) is 23.5 Å². The molecule has 0 radical (unpaired) electrons. The van der Waals surface area contributed by atoms with E-state index in [0.29, 0.717) is 18.5 Å². The molecule has 1 aliphatic carbocycles. The Morgan fingerprint density at radius 2 is 2.03 bits per heavy atom. The van der Waals surface area contributed by atoms with E-state index in [1.165, 1.54) is 22.6 Å². The molecule has 162 valence electrons. The van der Waals surface area contributed by atoms with Gasteiger partial charge in [-0.15, -0.1) is 0 Å². The van der Waals surface area contributed by atoms with E-state index in [0.717, 1.165) is 30.2 Å². The maximum atomic E-state index is 12.9. The Balaban J connectivity index is 1.48. The first-order valence-electron chi connectivity index (χ1n) is 10.6. The van der Waals surface area contributed by atoms with E-state index in [2.05, 4.69) is 4.98 Å². The molecule has 1 N–H and O–H groups in total. The molecule has 1 saturated heterocycles. The molecule has 7 nitrogen and oxygen atoms in total. The van der Waals surface area contributed by atoms with Crippen molar-refractivity contribution in [1.29, 1.82) is 0 Å². The average molecular weight is 433 g/mol. The monoisotopic (exact) mass is 432 g/mol. The standard InChI is InChI=1S/C22H28N2O5S/c1-3-24(16-10-11-30(27,28)13-16)21(25)14(2)29-22(26)15-8-9-20-18(12-15)17-6-4-5-7-19(17)23-20/h8-9,12,14,16,23H,3-7,10-11,13H2,1-2H3. The molecule has 0 saturated carbocycles. The average Bonchev–Trinajstić information content (AvgIpc) is 3.27. The molecule has 1 aromatic carbocycles. The number of aryl methyl sites for hydroxylation is 2. The van der Waals surface area contributed by atoms with E-state index in [9.17, 15) is 18.0 Å². The zero-order valence-corrected chi connectivity index (χ0v) is 18.3. The van der Waals surface area contributed by atoms with Gasteiger partial charge in [-0.25, -0.2) is 13.2 Å². The van der Waals surface area contributed by atoms with Crippen molar-refractivity contribution in [2.24, 2.45) is 0 Å². The molecule has 2 heterocycles. The molecular weight excluding hydrogens is 404 g/mol. The molecule has 0 spiro atoms. The topological polar surface area (TPSA) is 96.5 Å². The van der Waals surface area contributed by atoms with Crippen molar-refractivity contribution in [3.05, 3.63) is 35.0 Å². The van der Waals surface area contributed by atoms with Crippen LogP contribution in [0.15, 0.2) is 18.2 Å².